The molecule has 0 fully saturated rings. The molecular weight excluding hydrogens is 596 g/mol. The van der Waals surface area contributed by atoms with E-state index in [9.17, 15) is 17.6 Å². The molecule has 0 aliphatic carbocycles. The molecule has 0 spiro atoms. The van der Waals surface area contributed by atoms with Gasteiger partial charge in [0.05, 0.1) is 0 Å². The van der Waals surface area contributed by atoms with Crippen LogP contribution in [0.15, 0.2) is 0 Å². The molecule has 2 aromatic heterocycles. The van der Waals surface area contributed by atoms with Crippen LogP contribution in [-0.4, -0.2) is 39.0 Å². The maximum absolute atomic E-state index is 15.3. The number of rotatable bonds is 0. The molecule has 6 nitrogen and oxygen atoms in total. The van der Waals surface area contributed by atoms with Crippen LogP contribution in [0.25, 0.3) is 35.7 Å². The molecule has 14 heteroatoms. The SMILES string of the molecule is [C-]#[N+]/C(C#N)=c1\nc2c(F)c(F)/c(=c3/c(F)c(F)c4nc(=C(C#N)C#N)[se]c4c3F)c(F)c2[se]1. The number of halogens is 6. The molecule has 0 unspecified atom stereocenters. The molecule has 34 heavy (non-hydrogen) atoms. The quantitative estimate of drug-likeness (QED) is 0.133. The first-order valence-electron chi connectivity index (χ1n) is 8.46. The Labute approximate surface area is 195 Å². The Morgan fingerprint density at radius 2 is 1.12 bits per heavy atom. The molecule has 0 aliphatic heterocycles. The topological polar surface area (TPSA) is 102 Å². The fraction of sp³-hybridized carbons (Fsp3) is 0. The Hall–Kier alpha value is -3.90. The number of hydrogen-bond acceptors (Lipinski definition) is 5. The van der Waals surface area contributed by atoms with Gasteiger partial charge in [0.25, 0.3) is 0 Å². The number of nitrogens with zero attached hydrogens (tertiary/aromatic N) is 6. The minimum absolute atomic E-state index is 0.312. The van der Waals surface area contributed by atoms with E-state index in [0.717, 1.165) is 0 Å². The second-order valence-electron chi connectivity index (χ2n) is 6.20. The van der Waals surface area contributed by atoms with Crippen molar-refractivity contribution in [2.24, 2.45) is 0 Å². The summed E-state index contributed by atoms with van der Waals surface area (Å²) in [7, 11) is 0. The molecule has 0 amide bonds. The molecule has 164 valence electrons. The predicted octanol–water partition coefficient (Wildman–Crippen LogP) is 1.77. The van der Waals surface area contributed by atoms with Gasteiger partial charge in [0.1, 0.15) is 0 Å². The summed E-state index contributed by atoms with van der Waals surface area (Å²) in [6.07, 6.45) is 0. The van der Waals surface area contributed by atoms with Gasteiger partial charge < -0.3 is 0 Å². The molecule has 0 atom stereocenters. The summed E-state index contributed by atoms with van der Waals surface area (Å²) < 4.78 is 87.9. The van der Waals surface area contributed by atoms with Gasteiger partial charge in [0, 0.05) is 0 Å². The van der Waals surface area contributed by atoms with Crippen molar-refractivity contribution >= 4 is 59.8 Å². The molecule has 0 N–H and O–H groups in total. The summed E-state index contributed by atoms with van der Waals surface area (Å²) in [6.45, 7) is 6.92. The second kappa shape index (κ2) is 8.46. The van der Waals surface area contributed by atoms with E-state index in [0.29, 0.717) is 0 Å². The first-order valence-corrected chi connectivity index (χ1v) is 11.9. The molecule has 2 heterocycles. The van der Waals surface area contributed by atoms with E-state index in [2.05, 4.69) is 14.8 Å². The fourth-order valence-corrected chi connectivity index (χ4v) is 6.93. The van der Waals surface area contributed by atoms with E-state index in [1.807, 2.05) is 0 Å². The summed E-state index contributed by atoms with van der Waals surface area (Å²) in [4.78, 5) is 10.1. The Morgan fingerprint density at radius 3 is 1.53 bits per heavy atom. The van der Waals surface area contributed by atoms with Crippen molar-refractivity contribution in [2.75, 3.05) is 0 Å². The first-order chi connectivity index (χ1) is 16.2. The zero-order valence-electron chi connectivity index (χ0n) is 15.8. The number of aromatic nitrogens is 2. The predicted molar refractivity (Wildman–Crippen MR) is 104 cm³/mol. The van der Waals surface area contributed by atoms with Gasteiger partial charge in [-0.15, -0.1) is 0 Å². The Kier molecular flexibility index (Phi) is 5.79. The standard InChI is InChI=1S/C20F6N6Se2/c1-30-6(4-29)20-32-16-14(26)10(22)8(12(24)18(16)34-20)7-9(21)13(25)15-17(11(7)23)33-19(31-15)5(2-27)3-28/b8-7+,20-6+. The van der Waals surface area contributed by atoms with Crippen LogP contribution in [0.4, 0.5) is 26.3 Å². The van der Waals surface area contributed by atoms with E-state index >= 15 is 8.78 Å². The number of fused-ring (bicyclic) bond motifs is 2. The summed E-state index contributed by atoms with van der Waals surface area (Å²) in [5, 5.41) is 23.8. The van der Waals surface area contributed by atoms with Crippen molar-refractivity contribution < 1.29 is 26.3 Å². The van der Waals surface area contributed by atoms with Crippen LogP contribution in [0.3, 0.4) is 0 Å². The van der Waals surface area contributed by atoms with Crippen LogP contribution in [0, 0.1) is 85.9 Å². The molecule has 2 aromatic carbocycles. The van der Waals surface area contributed by atoms with Gasteiger partial charge in [-0.25, -0.2) is 0 Å². The molecule has 4 aromatic rings. The van der Waals surface area contributed by atoms with Crippen LogP contribution in [0.5, 0.6) is 0 Å². The van der Waals surface area contributed by atoms with Crippen LogP contribution < -0.4 is 8.45 Å². The van der Waals surface area contributed by atoms with E-state index < -0.39 is 105 Å². The van der Waals surface area contributed by atoms with Crippen molar-refractivity contribution in [3.63, 3.8) is 0 Å². The molecule has 0 saturated carbocycles. The van der Waals surface area contributed by atoms with Crippen molar-refractivity contribution in [2.45, 2.75) is 0 Å². The van der Waals surface area contributed by atoms with E-state index in [-0.39, 0.29) is 8.45 Å². The number of hydrogen-bond donors (Lipinski definition) is 0. The fourth-order valence-electron chi connectivity index (χ4n) is 2.97. The monoisotopic (exact) mass is 598 g/mol. The van der Waals surface area contributed by atoms with Gasteiger partial charge >= 0.3 is 195 Å². The number of benzene rings is 2. The van der Waals surface area contributed by atoms with Crippen LogP contribution in [0.2, 0.25) is 0 Å². The maximum atomic E-state index is 15.3. The normalized spacial score (nSPS) is 12.6. The molecule has 0 bridgehead atoms. The van der Waals surface area contributed by atoms with E-state index in [1.165, 1.54) is 18.2 Å². The Bertz CT molecular complexity index is 1810. The molecule has 4 rings (SSSR count). The van der Waals surface area contributed by atoms with Gasteiger partial charge in [-0.1, -0.05) is 0 Å². The minimum atomic E-state index is -2.05. The summed E-state index contributed by atoms with van der Waals surface area (Å²) in [5.74, 6) is -11.0. The third-order valence-electron chi connectivity index (χ3n) is 4.44. The number of nitriles is 3. The van der Waals surface area contributed by atoms with Crippen LogP contribution in [-0.2, 0) is 0 Å². The van der Waals surface area contributed by atoms with Crippen LogP contribution in [0.1, 0.15) is 0 Å². The molecule has 0 saturated heterocycles. The van der Waals surface area contributed by atoms with Gasteiger partial charge in [-0.2, -0.15) is 0 Å². The van der Waals surface area contributed by atoms with Gasteiger partial charge in [-0.05, 0) is 0 Å². The zero-order chi connectivity index (χ0) is 24.9. The zero-order valence-corrected chi connectivity index (χ0v) is 19.2. The van der Waals surface area contributed by atoms with Gasteiger partial charge in [-0.3, -0.25) is 0 Å². The average molecular weight is 596 g/mol. The van der Waals surface area contributed by atoms with Crippen LogP contribution >= 0.6 is 0 Å². The molecule has 0 aliphatic rings. The second-order valence-corrected chi connectivity index (χ2v) is 10.4. The van der Waals surface area contributed by atoms with Crippen molar-refractivity contribution in [1.82, 2.24) is 9.97 Å². The summed E-state index contributed by atoms with van der Waals surface area (Å²) >= 11 is -2.66. The van der Waals surface area contributed by atoms with Crippen molar-refractivity contribution in [3.05, 3.63) is 65.2 Å². The summed E-state index contributed by atoms with van der Waals surface area (Å²) in [5.41, 5.74) is -2.88. The molecule has 0 radical (unpaired) electrons. The Morgan fingerprint density at radius 1 is 0.676 bits per heavy atom. The summed E-state index contributed by atoms with van der Waals surface area (Å²) in [6, 6.07) is 4.45. The van der Waals surface area contributed by atoms with Crippen molar-refractivity contribution in [3.8, 4) is 18.2 Å². The first kappa shape index (κ1) is 23.3. The van der Waals surface area contributed by atoms with Gasteiger partial charge in [0.15, 0.2) is 0 Å². The van der Waals surface area contributed by atoms with Crippen molar-refractivity contribution in [1.29, 1.82) is 15.8 Å². The third-order valence-corrected chi connectivity index (χ3v) is 8.89. The van der Waals surface area contributed by atoms with Gasteiger partial charge in [0.2, 0.25) is 0 Å². The van der Waals surface area contributed by atoms with E-state index in [1.54, 1.807) is 0 Å². The average Bonchev–Trinajstić information content (AvgIpc) is 3.46. The molecular formula is C20F6N6Se2. The van der Waals surface area contributed by atoms with E-state index in [4.69, 9.17) is 22.4 Å². The Balaban J connectivity index is 2.37. The third kappa shape index (κ3) is 3.22.